The smallest absolute Gasteiger partial charge is 0.309 e. The van der Waals surface area contributed by atoms with Crippen LogP contribution in [0.4, 0.5) is 0 Å². The Morgan fingerprint density at radius 2 is 1.65 bits per heavy atom. The monoisotopic (exact) mass is 272 g/mol. The van der Waals surface area contributed by atoms with Crippen molar-refractivity contribution in [2.24, 2.45) is 17.3 Å². The maximum atomic E-state index is 11.8. The van der Waals surface area contributed by atoms with Gasteiger partial charge >= 0.3 is 5.97 Å². The summed E-state index contributed by atoms with van der Waals surface area (Å²) in [6.07, 6.45) is 6.01. The molecule has 5 rings (SSSR count). The molecule has 4 atom stereocenters. The maximum absolute atomic E-state index is 11.8. The molecule has 0 radical (unpaired) electrons. The third-order valence-corrected chi connectivity index (χ3v) is 5.99. The van der Waals surface area contributed by atoms with E-state index in [9.17, 15) is 15.0 Å². The minimum atomic E-state index is -0.588. The van der Waals surface area contributed by atoms with Gasteiger partial charge in [-0.2, -0.15) is 0 Å². The van der Waals surface area contributed by atoms with Gasteiger partial charge in [0.1, 0.15) is 5.75 Å². The molecule has 4 fully saturated rings. The van der Waals surface area contributed by atoms with Gasteiger partial charge in [-0.25, -0.2) is 0 Å². The summed E-state index contributed by atoms with van der Waals surface area (Å²) in [4.78, 5) is 11.8. The molecule has 106 valence electrons. The fourth-order valence-electron chi connectivity index (χ4n) is 5.67. The molecule has 4 aliphatic rings. The minimum absolute atomic E-state index is 0.0379. The van der Waals surface area contributed by atoms with Gasteiger partial charge in [-0.15, -0.1) is 0 Å². The summed E-state index contributed by atoms with van der Waals surface area (Å²) >= 11 is 0. The highest BCUT2D eigenvalue weighted by Crippen LogP contribution is 2.65. The molecule has 0 amide bonds. The number of aliphatic carboxylic acids is 1. The Bertz CT molecular complexity index is 546. The van der Waals surface area contributed by atoms with Crippen molar-refractivity contribution in [3.05, 3.63) is 29.8 Å². The summed E-state index contributed by atoms with van der Waals surface area (Å²) < 4.78 is 0. The Morgan fingerprint density at radius 1 is 1.05 bits per heavy atom. The van der Waals surface area contributed by atoms with E-state index in [2.05, 4.69) is 0 Å². The van der Waals surface area contributed by atoms with Gasteiger partial charge in [-0.05, 0) is 73.5 Å². The van der Waals surface area contributed by atoms with Crippen molar-refractivity contribution in [1.82, 2.24) is 0 Å². The number of hydrogen-bond donors (Lipinski definition) is 2. The lowest BCUT2D eigenvalue weighted by Crippen LogP contribution is -2.56. The molecular formula is C17H20O3. The van der Waals surface area contributed by atoms with Crippen LogP contribution < -0.4 is 0 Å². The van der Waals surface area contributed by atoms with Crippen LogP contribution in [-0.4, -0.2) is 16.2 Å². The fourth-order valence-corrected chi connectivity index (χ4v) is 5.67. The molecule has 0 spiro atoms. The SMILES string of the molecule is O=C(O)C12C[C@H]3C[C@@H](C1)CC(c1ccc(O)cc1)(C3)C2. The van der Waals surface area contributed by atoms with Crippen molar-refractivity contribution in [3.8, 4) is 5.75 Å². The quantitative estimate of drug-likeness (QED) is 0.868. The van der Waals surface area contributed by atoms with E-state index in [0.29, 0.717) is 11.8 Å². The molecule has 0 heterocycles. The Morgan fingerprint density at radius 3 is 2.20 bits per heavy atom. The number of carbonyl (C=O) groups is 1. The van der Waals surface area contributed by atoms with E-state index in [4.69, 9.17) is 0 Å². The molecule has 4 bridgehead atoms. The fraction of sp³-hybridized carbons (Fsp3) is 0.588. The molecular weight excluding hydrogens is 252 g/mol. The van der Waals surface area contributed by atoms with Crippen molar-refractivity contribution in [1.29, 1.82) is 0 Å². The number of phenols is 1. The zero-order valence-corrected chi connectivity index (χ0v) is 11.5. The summed E-state index contributed by atoms with van der Waals surface area (Å²) in [6.45, 7) is 0. The molecule has 4 aliphatic carbocycles. The topological polar surface area (TPSA) is 57.5 Å². The third kappa shape index (κ3) is 1.55. The summed E-state index contributed by atoms with van der Waals surface area (Å²) in [5, 5.41) is 19.2. The minimum Gasteiger partial charge on any atom is -0.508 e. The predicted molar refractivity (Wildman–Crippen MR) is 74.5 cm³/mol. The number of aromatic hydroxyl groups is 1. The van der Waals surface area contributed by atoms with E-state index >= 15 is 0 Å². The largest absolute Gasteiger partial charge is 0.508 e. The van der Waals surface area contributed by atoms with Gasteiger partial charge in [-0.3, -0.25) is 4.79 Å². The van der Waals surface area contributed by atoms with Crippen molar-refractivity contribution < 1.29 is 15.0 Å². The average Bonchev–Trinajstić information content (AvgIpc) is 2.37. The van der Waals surface area contributed by atoms with Crippen molar-refractivity contribution >= 4 is 5.97 Å². The maximum Gasteiger partial charge on any atom is 0.309 e. The Kier molecular flexibility index (Phi) is 2.31. The highest BCUT2D eigenvalue weighted by atomic mass is 16.4. The number of rotatable bonds is 2. The van der Waals surface area contributed by atoms with Crippen molar-refractivity contribution in [2.75, 3.05) is 0 Å². The van der Waals surface area contributed by atoms with Gasteiger partial charge in [0.2, 0.25) is 0 Å². The lowest BCUT2D eigenvalue weighted by Gasteiger charge is -2.60. The number of hydrogen-bond acceptors (Lipinski definition) is 2. The number of benzene rings is 1. The van der Waals surface area contributed by atoms with Crippen LogP contribution in [-0.2, 0) is 10.2 Å². The van der Waals surface area contributed by atoms with Crippen molar-refractivity contribution in [2.45, 2.75) is 43.9 Å². The molecule has 0 saturated heterocycles. The first-order chi connectivity index (χ1) is 9.51. The molecule has 3 heteroatoms. The van der Waals surface area contributed by atoms with Crippen LogP contribution in [0.5, 0.6) is 5.75 Å². The van der Waals surface area contributed by atoms with E-state index in [0.717, 1.165) is 32.1 Å². The molecule has 0 aliphatic heterocycles. The van der Waals surface area contributed by atoms with Gasteiger partial charge in [0, 0.05) is 0 Å². The van der Waals surface area contributed by atoms with Crippen LogP contribution in [0.3, 0.4) is 0 Å². The van der Waals surface area contributed by atoms with E-state index in [1.807, 2.05) is 12.1 Å². The predicted octanol–water partition coefficient (Wildman–Crippen LogP) is 3.31. The molecule has 2 unspecified atom stereocenters. The highest BCUT2D eigenvalue weighted by molar-refractivity contribution is 5.76. The lowest BCUT2D eigenvalue weighted by atomic mass is 9.43. The zero-order chi connectivity index (χ0) is 14.0. The summed E-state index contributed by atoms with van der Waals surface area (Å²) in [7, 11) is 0. The third-order valence-electron chi connectivity index (χ3n) is 5.99. The molecule has 0 aromatic heterocycles. The second-order valence-corrected chi connectivity index (χ2v) is 7.37. The lowest BCUT2D eigenvalue weighted by molar-refractivity contribution is -0.167. The van der Waals surface area contributed by atoms with Crippen molar-refractivity contribution in [3.63, 3.8) is 0 Å². The number of carboxylic acids is 1. The van der Waals surface area contributed by atoms with Crippen LogP contribution >= 0.6 is 0 Å². The Hall–Kier alpha value is -1.51. The van der Waals surface area contributed by atoms with Crippen LogP contribution in [0.2, 0.25) is 0 Å². The molecule has 1 aromatic carbocycles. The standard InChI is InChI=1S/C17H20O3/c18-14-3-1-13(2-4-14)16-6-11-5-12(7-16)9-17(8-11,10-16)15(19)20/h1-4,11-12,18H,5-10H2,(H,19,20)/t11-,12+,16?,17?. The van der Waals surface area contributed by atoms with Gasteiger partial charge in [0.05, 0.1) is 5.41 Å². The molecule has 2 N–H and O–H groups in total. The van der Waals surface area contributed by atoms with E-state index in [1.54, 1.807) is 12.1 Å². The average molecular weight is 272 g/mol. The first kappa shape index (κ1) is 12.2. The highest BCUT2D eigenvalue weighted by Gasteiger charge is 2.61. The normalized spacial score (nSPS) is 41.8. The van der Waals surface area contributed by atoms with Gasteiger partial charge in [0.25, 0.3) is 0 Å². The summed E-state index contributed by atoms with van der Waals surface area (Å²) in [5.41, 5.74) is 0.785. The van der Waals surface area contributed by atoms with Crippen LogP contribution in [0, 0.1) is 17.3 Å². The second-order valence-electron chi connectivity index (χ2n) is 7.37. The number of carboxylic acid groups (broad SMARTS) is 1. The zero-order valence-electron chi connectivity index (χ0n) is 11.5. The molecule has 4 saturated carbocycles. The second kappa shape index (κ2) is 3.78. The summed E-state index contributed by atoms with van der Waals surface area (Å²) in [5.74, 6) is 0.837. The summed E-state index contributed by atoms with van der Waals surface area (Å²) in [6, 6.07) is 7.47. The van der Waals surface area contributed by atoms with Gasteiger partial charge < -0.3 is 10.2 Å². The van der Waals surface area contributed by atoms with E-state index in [1.165, 1.54) is 12.0 Å². The number of phenolic OH excluding ortho intramolecular Hbond substituents is 1. The van der Waals surface area contributed by atoms with Crippen LogP contribution in [0.25, 0.3) is 0 Å². The first-order valence-electron chi connectivity index (χ1n) is 7.54. The van der Waals surface area contributed by atoms with Gasteiger partial charge in [-0.1, -0.05) is 12.1 Å². The Labute approximate surface area is 118 Å². The molecule has 20 heavy (non-hydrogen) atoms. The van der Waals surface area contributed by atoms with Crippen LogP contribution in [0.1, 0.15) is 44.1 Å². The molecule has 3 nitrogen and oxygen atoms in total. The Balaban J connectivity index is 1.79. The van der Waals surface area contributed by atoms with E-state index < -0.39 is 11.4 Å². The van der Waals surface area contributed by atoms with E-state index in [-0.39, 0.29) is 11.2 Å². The van der Waals surface area contributed by atoms with Gasteiger partial charge in [0.15, 0.2) is 0 Å². The first-order valence-corrected chi connectivity index (χ1v) is 7.54. The van der Waals surface area contributed by atoms with Crippen LogP contribution in [0.15, 0.2) is 24.3 Å². The molecule has 1 aromatic rings.